The number of ether oxygens (including phenoxy) is 3. The highest BCUT2D eigenvalue weighted by atomic mass is 16.7. The van der Waals surface area contributed by atoms with Gasteiger partial charge in [0, 0.05) is 12.8 Å². The first kappa shape index (κ1) is 16.2. The maximum Gasteiger partial charge on any atom is 0.313 e. The summed E-state index contributed by atoms with van der Waals surface area (Å²) in [6, 6.07) is 2.14. The van der Waals surface area contributed by atoms with E-state index in [0.29, 0.717) is 39.2 Å². The molecule has 0 radical (unpaired) electrons. The van der Waals surface area contributed by atoms with Crippen LogP contribution in [0, 0.1) is 22.7 Å². The Morgan fingerprint density at radius 2 is 2.14 bits per heavy atom. The Balaban J connectivity index is 2.28. The lowest BCUT2D eigenvalue weighted by molar-refractivity contribution is -0.221. The summed E-state index contributed by atoms with van der Waals surface area (Å²) in [5, 5.41) is 9.18. The Kier molecular flexibility index (Phi) is 5.20. The lowest BCUT2D eigenvalue weighted by atomic mass is 9.64. The van der Waals surface area contributed by atoms with Crippen LogP contribution in [-0.4, -0.2) is 38.1 Å². The summed E-state index contributed by atoms with van der Waals surface area (Å²) in [6.45, 7) is 3.69. The maximum atomic E-state index is 12.5. The van der Waals surface area contributed by atoms with E-state index in [1.165, 1.54) is 0 Å². The van der Waals surface area contributed by atoms with Crippen LogP contribution in [0.3, 0.4) is 0 Å². The minimum Gasteiger partial charge on any atom is -0.466 e. The Hall–Kier alpha value is -1.16. The molecular weight excluding hydrogens is 272 g/mol. The third-order valence-corrected chi connectivity index (χ3v) is 4.40. The van der Waals surface area contributed by atoms with E-state index < -0.39 is 11.2 Å². The van der Waals surface area contributed by atoms with E-state index in [9.17, 15) is 10.1 Å². The topological polar surface area (TPSA) is 94.6 Å². The van der Waals surface area contributed by atoms with Crippen molar-refractivity contribution < 1.29 is 19.0 Å². The molecule has 0 bridgehead atoms. The second-order valence-corrected chi connectivity index (χ2v) is 5.97. The normalized spacial score (nSPS) is 31.0. The zero-order valence-electron chi connectivity index (χ0n) is 12.6. The van der Waals surface area contributed by atoms with Crippen molar-refractivity contribution >= 4 is 5.97 Å². The van der Waals surface area contributed by atoms with Gasteiger partial charge in [0.2, 0.25) is 0 Å². The molecule has 1 heterocycles. The van der Waals surface area contributed by atoms with Crippen LogP contribution in [0.1, 0.15) is 39.0 Å². The summed E-state index contributed by atoms with van der Waals surface area (Å²) in [6.07, 6.45) is 2.66. The Labute approximate surface area is 125 Å². The van der Waals surface area contributed by atoms with Crippen LogP contribution in [0.4, 0.5) is 0 Å². The molecule has 1 spiro atoms. The minimum atomic E-state index is -0.840. The van der Waals surface area contributed by atoms with Gasteiger partial charge >= 0.3 is 5.97 Å². The molecule has 6 heteroatoms. The van der Waals surface area contributed by atoms with E-state index >= 15 is 0 Å². The van der Waals surface area contributed by atoms with Crippen molar-refractivity contribution in [1.82, 2.24) is 0 Å². The first-order valence-corrected chi connectivity index (χ1v) is 7.62. The summed E-state index contributed by atoms with van der Waals surface area (Å²) in [5.41, 5.74) is 4.84. The fourth-order valence-corrected chi connectivity index (χ4v) is 3.68. The highest BCUT2D eigenvalue weighted by molar-refractivity contribution is 5.77. The van der Waals surface area contributed by atoms with Crippen LogP contribution in [0.15, 0.2) is 0 Å². The number of carbonyl (C=O) groups is 1. The van der Waals surface area contributed by atoms with E-state index in [4.69, 9.17) is 19.9 Å². The molecule has 2 aliphatic rings. The molecule has 0 aromatic rings. The summed E-state index contributed by atoms with van der Waals surface area (Å²) in [7, 11) is 0. The van der Waals surface area contributed by atoms with Gasteiger partial charge in [-0.3, -0.25) is 4.79 Å². The molecule has 21 heavy (non-hydrogen) atoms. The van der Waals surface area contributed by atoms with Gasteiger partial charge in [0.05, 0.1) is 37.7 Å². The first-order valence-electron chi connectivity index (χ1n) is 7.62. The fourth-order valence-electron chi connectivity index (χ4n) is 3.68. The van der Waals surface area contributed by atoms with E-state index in [1.54, 1.807) is 6.92 Å². The molecule has 2 atom stereocenters. The number of hydrogen-bond donors (Lipinski definition) is 1. The molecule has 118 valence electrons. The van der Waals surface area contributed by atoms with Crippen molar-refractivity contribution in [2.45, 2.75) is 44.8 Å². The molecule has 0 aromatic heterocycles. The number of carbonyl (C=O) groups excluding carboxylic acids is 1. The standard InChI is InChI=1S/C15H24N2O4/c1-2-19-13(18)14(4-6-17)9-12(3-5-16)10-15(11-14)20-7-8-21-15/h12H,2-5,7-11,16H2,1H3. The van der Waals surface area contributed by atoms with Crippen molar-refractivity contribution in [3.63, 3.8) is 0 Å². The molecule has 2 unspecified atom stereocenters. The number of rotatable bonds is 5. The minimum absolute atomic E-state index is 0.126. The molecule has 1 aliphatic carbocycles. The van der Waals surface area contributed by atoms with Crippen LogP contribution < -0.4 is 5.73 Å². The summed E-state index contributed by atoms with van der Waals surface area (Å²) < 4.78 is 16.8. The average molecular weight is 296 g/mol. The van der Waals surface area contributed by atoms with E-state index in [0.717, 1.165) is 12.8 Å². The molecule has 0 aromatic carbocycles. The van der Waals surface area contributed by atoms with Gasteiger partial charge in [0.25, 0.3) is 0 Å². The van der Waals surface area contributed by atoms with Crippen LogP contribution in [0.2, 0.25) is 0 Å². The Morgan fingerprint density at radius 3 is 2.71 bits per heavy atom. The van der Waals surface area contributed by atoms with Gasteiger partial charge in [-0.1, -0.05) is 0 Å². The summed E-state index contributed by atoms with van der Waals surface area (Å²) in [4.78, 5) is 12.5. The zero-order chi connectivity index (χ0) is 15.3. The largest absolute Gasteiger partial charge is 0.466 e. The lowest BCUT2D eigenvalue weighted by Crippen LogP contribution is -2.50. The van der Waals surface area contributed by atoms with Crippen molar-refractivity contribution in [1.29, 1.82) is 5.26 Å². The monoisotopic (exact) mass is 296 g/mol. The van der Waals surface area contributed by atoms with Crippen molar-refractivity contribution in [3.05, 3.63) is 0 Å². The number of nitrogens with two attached hydrogens (primary N) is 1. The predicted molar refractivity (Wildman–Crippen MR) is 74.9 cm³/mol. The lowest BCUT2D eigenvalue weighted by Gasteiger charge is -2.45. The zero-order valence-corrected chi connectivity index (χ0v) is 12.6. The second kappa shape index (κ2) is 6.73. The van der Waals surface area contributed by atoms with Crippen molar-refractivity contribution in [2.24, 2.45) is 17.1 Å². The third kappa shape index (κ3) is 3.37. The van der Waals surface area contributed by atoms with Gasteiger partial charge < -0.3 is 19.9 Å². The van der Waals surface area contributed by atoms with Crippen molar-refractivity contribution in [2.75, 3.05) is 26.4 Å². The molecule has 1 saturated heterocycles. The molecule has 2 N–H and O–H groups in total. The first-order chi connectivity index (χ1) is 10.1. The number of esters is 1. The Bertz CT molecular complexity index is 414. The third-order valence-electron chi connectivity index (χ3n) is 4.40. The van der Waals surface area contributed by atoms with Crippen LogP contribution in [0.25, 0.3) is 0 Å². The fraction of sp³-hybridized carbons (Fsp3) is 0.867. The summed E-state index contributed by atoms with van der Waals surface area (Å²) >= 11 is 0. The maximum absolute atomic E-state index is 12.5. The van der Waals surface area contributed by atoms with Crippen LogP contribution >= 0.6 is 0 Å². The van der Waals surface area contributed by atoms with Crippen molar-refractivity contribution in [3.8, 4) is 6.07 Å². The van der Waals surface area contributed by atoms with E-state index in [1.807, 2.05) is 0 Å². The van der Waals surface area contributed by atoms with Gasteiger partial charge in [0.15, 0.2) is 5.79 Å². The van der Waals surface area contributed by atoms with Crippen LogP contribution in [0.5, 0.6) is 0 Å². The SMILES string of the molecule is CCOC(=O)C1(CC#N)CC(CCN)CC2(C1)OCCO2. The highest BCUT2D eigenvalue weighted by Gasteiger charge is 2.55. The molecule has 1 aliphatic heterocycles. The van der Waals surface area contributed by atoms with Gasteiger partial charge in [0.1, 0.15) is 0 Å². The highest BCUT2D eigenvalue weighted by Crippen LogP contribution is 2.51. The number of nitrogens with zero attached hydrogens (tertiary/aromatic N) is 1. The smallest absolute Gasteiger partial charge is 0.313 e. The quantitative estimate of drug-likeness (QED) is 0.769. The Morgan fingerprint density at radius 1 is 1.43 bits per heavy atom. The molecule has 0 amide bonds. The molecule has 2 fully saturated rings. The molecular formula is C15H24N2O4. The van der Waals surface area contributed by atoms with Gasteiger partial charge in [-0.2, -0.15) is 5.26 Å². The second-order valence-electron chi connectivity index (χ2n) is 5.97. The van der Waals surface area contributed by atoms with Gasteiger partial charge in [-0.05, 0) is 32.2 Å². The average Bonchev–Trinajstić information content (AvgIpc) is 2.87. The molecule has 2 rings (SSSR count). The summed E-state index contributed by atoms with van der Waals surface area (Å²) in [5.74, 6) is -0.854. The van der Waals surface area contributed by atoms with E-state index in [2.05, 4.69) is 6.07 Å². The predicted octanol–water partition coefficient (Wildman–Crippen LogP) is 1.34. The number of nitriles is 1. The van der Waals surface area contributed by atoms with E-state index in [-0.39, 0.29) is 18.3 Å². The molecule has 1 saturated carbocycles. The van der Waals surface area contributed by atoms with Crippen LogP contribution in [-0.2, 0) is 19.0 Å². The number of hydrogen-bond acceptors (Lipinski definition) is 6. The molecule has 6 nitrogen and oxygen atoms in total. The van der Waals surface area contributed by atoms with Gasteiger partial charge in [-0.25, -0.2) is 0 Å². The van der Waals surface area contributed by atoms with Gasteiger partial charge in [-0.15, -0.1) is 0 Å².